The number of anilines is 1. The molecule has 7 heteroatoms. The summed E-state index contributed by atoms with van der Waals surface area (Å²) in [4.78, 5) is 0. The third-order valence-electron chi connectivity index (χ3n) is 2.40. The van der Waals surface area contributed by atoms with Gasteiger partial charge in [0, 0.05) is 13.2 Å². The molecule has 0 atom stereocenters. The van der Waals surface area contributed by atoms with E-state index in [1.165, 1.54) is 10.9 Å². The van der Waals surface area contributed by atoms with Crippen molar-refractivity contribution in [3.63, 3.8) is 0 Å². The molecule has 0 fully saturated rings. The third-order valence-corrected chi connectivity index (χ3v) is 3.62. The van der Waals surface area contributed by atoms with Gasteiger partial charge in [0.15, 0.2) is 5.82 Å². The Labute approximate surface area is 111 Å². The normalized spacial score (nSPS) is 10.9. The molecule has 0 bridgehead atoms. The van der Waals surface area contributed by atoms with Gasteiger partial charge in [-0.1, -0.05) is 30.3 Å². The van der Waals surface area contributed by atoms with Crippen molar-refractivity contribution in [2.24, 2.45) is 7.05 Å². The highest BCUT2D eigenvalue weighted by Gasteiger charge is 2.16. The minimum atomic E-state index is -3.58. The monoisotopic (exact) mass is 276 g/mol. The number of hydrogen-bond donors (Lipinski definition) is 1. The highest BCUT2D eigenvalue weighted by molar-refractivity contribution is 7.91. The summed E-state index contributed by atoms with van der Waals surface area (Å²) in [6.45, 7) is 0. The first-order valence-electron chi connectivity index (χ1n) is 5.48. The second-order valence-corrected chi connectivity index (χ2v) is 5.75. The molecule has 0 saturated heterocycles. The van der Waals surface area contributed by atoms with Gasteiger partial charge in [0.05, 0.1) is 5.75 Å². The van der Waals surface area contributed by atoms with Crippen molar-refractivity contribution < 1.29 is 8.42 Å². The first-order chi connectivity index (χ1) is 9.00. The zero-order valence-electron chi connectivity index (χ0n) is 10.2. The molecule has 2 rings (SSSR count). The van der Waals surface area contributed by atoms with Gasteiger partial charge in [0.1, 0.15) is 11.6 Å². The Morgan fingerprint density at radius 2 is 2.05 bits per heavy atom. The first kappa shape index (κ1) is 13.1. The van der Waals surface area contributed by atoms with Crippen molar-refractivity contribution in [1.82, 2.24) is 9.78 Å². The highest BCUT2D eigenvalue weighted by atomic mass is 32.2. The van der Waals surface area contributed by atoms with Crippen molar-refractivity contribution in [1.29, 1.82) is 5.26 Å². The predicted molar refractivity (Wildman–Crippen MR) is 70.6 cm³/mol. The average Bonchev–Trinajstić information content (AvgIpc) is 2.69. The van der Waals surface area contributed by atoms with Gasteiger partial charge < -0.3 is 0 Å². The van der Waals surface area contributed by atoms with E-state index in [9.17, 15) is 8.42 Å². The maximum atomic E-state index is 12.0. The number of aryl methyl sites for hydroxylation is 1. The third kappa shape index (κ3) is 3.33. The van der Waals surface area contributed by atoms with E-state index < -0.39 is 10.0 Å². The Morgan fingerprint density at radius 3 is 2.68 bits per heavy atom. The second kappa shape index (κ2) is 5.12. The molecule has 1 heterocycles. The summed E-state index contributed by atoms with van der Waals surface area (Å²) in [7, 11) is -1.96. The van der Waals surface area contributed by atoms with Crippen LogP contribution in [-0.2, 0) is 22.8 Å². The molecule has 0 aliphatic carbocycles. The molecule has 1 aromatic carbocycles. The lowest BCUT2D eigenvalue weighted by Crippen LogP contribution is -2.16. The number of sulfonamides is 1. The van der Waals surface area contributed by atoms with Gasteiger partial charge in [0.2, 0.25) is 10.0 Å². The molecular formula is C12H12N4O2S. The van der Waals surface area contributed by atoms with Gasteiger partial charge >= 0.3 is 0 Å². The molecule has 1 aromatic heterocycles. The van der Waals surface area contributed by atoms with Crippen molar-refractivity contribution >= 4 is 15.8 Å². The Balaban J connectivity index is 2.20. The molecule has 0 radical (unpaired) electrons. The minimum absolute atomic E-state index is 0.0564. The van der Waals surface area contributed by atoms with Gasteiger partial charge in [-0.2, -0.15) is 10.4 Å². The summed E-state index contributed by atoms with van der Waals surface area (Å²) >= 11 is 0. The van der Waals surface area contributed by atoms with Crippen molar-refractivity contribution in [3.05, 3.63) is 47.7 Å². The van der Waals surface area contributed by atoms with Gasteiger partial charge in [-0.3, -0.25) is 9.40 Å². The lowest BCUT2D eigenvalue weighted by atomic mass is 10.2. The van der Waals surface area contributed by atoms with Gasteiger partial charge in [0.25, 0.3) is 0 Å². The van der Waals surface area contributed by atoms with E-state index in [-0.39, 0.29) is 17.1 Å². The van der Waals surface area contributed by atoms with Crippen LogP contribution in [0.5, 0.6) is 0 Å². The predicted octanol–water partition coefficient (Wildman–Crippen LogP) is 1.23. The lowest BCUT2D eigenvalue weighted by molar-refractivity contribution is 0.600. The van der Waals surface area contributed by atoms with E-state index in [4.69, 9.17) is 5.26 Å². The average molecular weight is 276 g/mol. The SMILES string of the molecule is Cn1cc(C#N)c(NS(=O)(=O)Cc2ccccc2)n1. The number of nitrogens with zero attached hydrogens (tertiary/aromatic N) is 3. The van der Waals surface area contributed by atoms with Crippen molar-refractivity contribution in [3.8, 4) is 6.07 Å². The zero-order chi connectivity index (χ0) is 13.9. The molecule has 0 unspecified atom stereocenters. The second-order valence-electron chi connectivity index (χ2n) is 4.02. The van der Waals surface area contributed by atoms with E-state index in [2.05, 4.69) is 9.82 Å². The summed E-state index contributed by atoms with van der Waals surface area (Å²) in [6.07, 6.45) is 1.46. The standard InChI is InChI=1S/C12H12N4O2S/c1-16-8-11(7-13)12(14-16)15-19(17,18)9-10-5-3-2-4-6-10/h2-6,8H,9H2,1H3,(H,14,15). The Hall–Kier alpha value is -2.33. The maximum absolute atomic E-state index is 12.0. The number of nitrogens with one attached hydrogen (secondary N) is 1. The van der Waals surface area contributed by atoms with E-state index in [1.54, 1.807) is 31.3 Å². The molecule has 0 spiro atoms. The Bertz CT molecular complexity index is 714. The van der Waals surface area contributed by atoms with Crippen LogP contribution >= 0.6 is 0 Å². The summed E-state index contributed by atoms with van der Waals surface area (Å²) < 4.78 is 27.7. The quantitative estimate of drug-likeness (QED) is 0.909. The fraction of sp³-hybridized carbons (Fsp3) is 0.167. The maximum Gasteiger partial charge on any atom is 0.238 e. The molecular weight excluding hydrogens is 264 g/mol. The molecule has 0 aliphatic rings. The van der Waals surface area contributed by atoms with Crippen LogP contribution in [-0.4, -0.2) is 18.2 Å². The molecule has 0 saturated carbocycles. The lowest BCUT2D eigenvalue weighted by Gasteiger charge is -2.05. The molecule has 0 aliphatic heterocycles. The van der Waals surface area contributed by atoms with E-state index >= 15 is 0 Å². The fourth-order valence-corrected chi connectivity index (χ4v) is 2.77. The number of rotatable bonds is 4. The fourth-order valence-electron chi connectivity index (χ4n) is 1.62. The number of hydrogen-bond acceptors (Lipinski definition) is 4. The Kier molecular flexibility index (Phi) is 3.53. The van der Waals surface area contributed by atoms with Gasteiger partial charge in [-0.25, -0.2) is 8.42 Å². The molecule has 2 aromatic rings. The summed E-state index contributed by atoms with van der Waals surface area (Å²) in [6, 6.07) is 10.7. The van der Waals surface area contributed by atoms with Crippen LogP contribution in [0.15, 0.2) is 36.5 Å². The smallest absolute Gasteiger partial charge is 0.238 e. The highest BCUT2D eigenvalue weighted by Crippen LogP contribution is 2.15. The summed E-state index contributed by atoms with van der Waals surface area (Å²) in [5.74, 6) is -0.101. The Morgan fingerprint density at radius 1 is 1.37 bits per heavy atom. The zero-order valence-corrected chi connectivity index (χ0v) is 11.1. The van der Waals surface area contributed by atoms with Gasteiger partial charge in [-0.05, 0) is 5.56 Å². The number of aromatic nitrogens is 2. The van der Waals surface area contributed by atoms with Gasteiger partial charge in [-0.15, -0.1) is 0 Å². The molecule has 0 amide bonds. The number of nitriles is 1. The first-order valence-corrected chi connectivity index (χ1v) is 7.13. The van der Waals surface area contributed by atoms with Crippen LogP contribution < -0.4 is 4.72 Å². The molecule has 1 N–H and O–H groups in total. The van der Waals surface area contributed by atoms with Crippen LogP contribution in [0.25, 0.3) is 0 Å². The minimum Gasteiger partial charge on any atom is -0.272 e. The summed E-state index contributed by atoms with van der Waals surface area (Å²) in [5.41, 5.74) is 0.864. The van der Waals surface area contributed by atoms with Crippen molar-refractivity contribution in [2.75, 3.05) is 4.72 Å². The van der Waals surface area contributed by atoms with Crippen LogP contribution in [0, 0.1) is 11.3 Å². The largest absolute Gasteiger partial charge is 0.272 e. The van der Waals surface area contributed by atoms with Crippen LogP contribution in [0.3, 0.4) is 0 Å². The van der Waals surface area contributed by atoms with Crippen LogP contribution in [0.2, 0.25) is 0 Å². The van der Waals surface area contributed by atoms with Crippen molar-refractivity contribution in [2.45, 2.75) is 5.75 Å². The molecule has 6 nitrogen and oxygen atoms in total. The van der Waals surface area contributed by atoms with Crippen LogP contribution in [0.1, 0.15) is 11.1 Å². The van der Waals surface area contributed by atoms with E-state index in [0.717, 1.165) is 0 Å². The number of benzene rings is 1. The summed E-state index contributed by atoms with van der Waals surface area (Å²) in [5, 5.41) is 12.8. The van der Waals surface area contributed by atoms with Crippen LogP contribution in [0.4, 0.5) is 5.82 Å². The molecule has 19 heavy (non-hydrogen) atoms. The van der Waals surface area contributed by atoms with E-state index in [1.807, 2.05) is 12.1 Å². The molecule has 98 valence electrons. The van der Waals surface area contributed by atoms with E-state index in [0.29, 0.717) is 5.56 Å². The topological polar surface area (TPSA) is 87.8 Å².